The van der Waals surface area contributed by atoms with Crippen LogP contribution in [0.1, 0.15) is 26.2 Å². The van der Waals surface area contributed by atoms with Gasteiger partial charge in [0.25, 0.3) is 0 Å². The molecular formula is C17H28N2O. The Labute approximate surface area is 123 Å². The summed E-state index contributed by atoms with van der Waals surface area (Å²) < 4.78 is 5.57. The standard InChI is InChI=1S/C17H28N2O/c1-3-11-18-14-17(9-12-20-13-10-17)15-19(2)16-7-5-4-6-8-16/h4-8,18H,3,9-15H2,1-2H3. The van der Waals surface area contributed by atoms with Gasteiger partial charge in [0.1, 0.15) is 0 Å². The smallest absolute Gasteiger partial charge is 0.0472 e. The molecule has 0 aliphatic carbocycles. The fourth-order valence-corrected chi connectivity index (χ4v) is 3.00. The predicted molar refractivity (Wildman–Crippen MR) is 85.4 cm³/mol. The maximum absolute atomic E-state index is 5.57. The first-order valence-electron chi connectivity index (χ1n) is 7.80. The van der Waals surface area contributed by atoms with Crippen molar-refractivity contribution in [2.75, 3.05) is 44.8 Å². The number of hydrogen-bond donors (Lipinski definition) is 1. The molecule has 0 bridgehead atoms. The minimum atomic E-state index is 0.345. The van der Waals surface area contributed by atoms with Gasteiger partial charge in [0.05, 0.1) is 0 Å². The number of nitrogens with one attached hydrogen (secondary N) is 1. The minimum Gasteiger partial charge on any atom is -0.381 e. The van der Waals surface area contributed by atoms with Crippen LogP contribution in [0.3, 0.4) is 0 Å². The van der Waals surface area contributed by atoms with Crippen LogP contribution in [0.2, 0.25) is 0 Å². The van der Waals surface area contributed by atoms with Gasteiger partial charge in [-0.1, -0.05) is 25.1 Å². The van der Waals surface area contributed by atoms with Crippen molar-refractivity contribution in [2.24, 2.45) is 5.41 Å². The van der Waals surface area contributed by atoms with Gasteiger partial charge in [-0.25, -0.2) is 0 Å². The van der Waals surface area contributed by atoms with Crippen molar-refractivity contribution in [3.8, 4) is 0 Å². The molecule has 1 heterocycles. The van der Waals surface area contributed by atoms with E-state index in [4.69, 9.17) is 4.74 Å². The number of ether oxygens (including phenoxy) is 1. The number of rotatable bonds is 7. The first-order valence-corrected chi connectivity index (χ1v) is 7.80. The zero-order valence-corrected chi connectivity index (χ0v) is 12.9. The van der Waals surface area contributed by atoms with Gasteiger partial charge in [0, 0.05) is 44.5 Å². The summed E-state index contributed by atoms with van der Waals surface area (Å²) in [5.74, 6) is 0. The molecule has 0 radical (unpaired) electrons. The van der Waals surface area contributed by atoms with Crippen molar-refractivity contribution in [2.45, 2.75) is 26.2 Å². The Bertz CT molecular complexity index is 374. The molecule has 1 aliphatic rings. The Morgan fingerprint density at radius 3 is 2.55 bits per heavy atom. The van der Waals surface area contributed by atoms with Crippen LogP contribution in [0.15, 0.2) is 30.3 Å². The van der Waals surface area contributed by atoms with Gasteiger partial charge in [-0.2, -0.15) is 0 Å². The van der Waals surface area contributed by atoms with Gasteiger partial charge in [-0.3, -0.25) is 0 Å². The van der Waals surface area contributed by atoms with Crippen LogP contribution < -0.4 is 10.2 Å². The van der Waals surface area contributed by atoms with Crippen molar-refractivity contribution in [3.05, 3.63) is 30.3 Å². The third-order valence-corrected chi connectivity index (χ3v) is 4.25. The number of benzene rings is 1. The quantitative estimate of drug-likeness (QED) is 0.775. The Balaban J connectivity index is 1.99. The molecule has 1 N–H and O–H groups in total. The van der Waals surface area contributed by atoms with Crippen LogP contribution in [0.5, 0.6) is 0 Å². The molecule has 1 saturated heterocycles. The lowest BCUT2D eigenvalue weighted by atomic mass is 9.79. The van der Waals surface area contributed by atoms with Gasteiger partial charge in [-0.15, -0.1) is 0 Å². The maximum Gasteiger partial charge on any atom is 0.0472 e. The molecule has 2 rings (SSSR count). The van der Waals surface area contributed by atoms with E-state index >= 15 is 0 Å². The summed E-state index contributed by atoms with van der Waals surface area (Å²) in [6.45, 7) is 7.32. The molecule has 3 nitrogen and oxygen atoms in total. The first-order chi connectivity index (χ1) is 9.76. The van der Waals surface area contributed by atoms with E-state index in [2.05, 4.69) is 54.5 Å². The minimum absolute atomic E-state index is 0.345. The second-order valence-electron chi connectivity index (χ2n) is 5.98. The van der Waals surface area contributed by atoms with E-state index in [0.29, 0.717) is 5.41 Å². The van der Waals surface area contributed by atoms with Crippen molar-refractivity contribution < 1.29 is 4.74 Å². The van der Waals surface area contributed by atoms with Crippen LogP contribution in [0, 0.1) is 5.41 Å². The lowest BCUT2D eigenvalue weighted by Gasteiger charge is -2.41. The summed E-state index contributed by atoms with van der Waals surface area (Å²) in [6.07, 6.45) is 3.50. The Morgan fingerprint density at radius 2 is 1.90 bits per heavy atom. The summed E-state index contributed by atoms with van der Waals surface area (Å²) in [6, 6.07) is 10.7. The van der Waals surface area contributed by atoms with E-state index in [1.54, 1.807) is 0 Å². The van der Waals surface area contributed by atoms with Crippen LogP contribution in [0.4, 0.5) is 5.69 Å². The molecule has 0 amide bonds. The van der Waals surface area contributed by atoms with Crippen LogP contribution in [-0.4, -0.2) is 39.9 Å². The van der Waals surface area contributed by atoms with Crippen molar-refractivity contribution in [3.63, 3.8) is 0 Å². The molecule has 1 aliphatic heterocycles. The van der Waals surface area contributed by atoms with E-state index in [9.17, 15) is 0 Å². The number of para-hydroxylation sites is 1. The summed E-state index contributed by atoms with van der Waals surface area (Å²) in [7, 11) is 2.20. The summed E-state index contributed by atoms with van der Waals surface area (Å²) in [5.41, 5.74) is 1.65. The van der Waals surface area contributed by atoms with Gasteiger partial charge in [0.2, 0.25) is 0 Å². The predicted octanol–water partition coefficient (Wildman–Crippen LogP) is 2.92. The van der Waals surface area contributed by atoms with E-state index < -0.39 is 0 Å². The number of anilines is 1. The largest absolute Gasteiger partial charge is 0.381 e. The Kier molecular flexibility index (Phi) is 5.86. The van der Waals surface area contributed by atoms with Crippen LogP contribution in [-0.2, 0) is 4.74 Å². The third kappa shape index (κ3) is 4.22. The molecule has 0 aromatic heterocycles. The average molecular weight is 276 g/mol. The summed E-state index contributed by atoms with van der Waals surface area (Å²) in [5, 5.41) is 3.62. The second kappa shape index (κ2) is 7.65. The molecule has 1 aromatic rings. The van der Waals surface area contributed by atoms with Crippen LogP contribution in [0.25, 0.3) is 0 Å². The van der Waals surface area contributed by atoms with Crippen molar-refractivity contribution in [1.29, 1.82) is 0 Å². The van der Waals surface area contributed by atoms with Gasteiger partial charge in [-0.05, 0) is 37.9 Å². The van der Waals surface area contributed by atoms with Gasteiger partial charge < -0.3 is 15.0 Å². The van der Waals surface area contributed by atoms with Gasteiger partial charge >= 0.3 is 0 Å². The molecule has 1 fully saturated rings. The highest BCUT2D eigenvalue weighted by Gasteiger charge is 2.33. The Morgan fingerprint density at radius 1 is 1.20 bits per heavy atom. The first kappa shape index (κ1) is 15.3. The number of nitrogens with zero attached hydrogens (tertiary/aromatic N) is 1. The molecule has 3 heteroatoms. The molecule has 20 heavy (non-hydrogen) atoms. The molecule has 0 saturated carbocycles. The average Bonchev–Trinajstić information content (AvgIpc) is 2.49. The molecule has 112 valence electrons. The highest BCUT2D eigenvalue weighted by atomic mass is 16.5. The SMILES string of the molecule is CCCNCC1(CN(C)c2ccccc2)CCOCC1. The molecule has 0 unspecified atom stereocenters. The normalized spacial score (nSPS) is 17.9. The second-order valence-corrected chi connectivity index (χ2v) is 5.98. The number of hydrogen-bond acceptors (Lipinski definition) is 3. The van der Waals surface area contributed by atoms with E-state index in [0.717, 1.165) is 45.7 Å². The highest BCUT2D eigenvalue weighted by Crippen LogP contribution is 2.32. The van der Waals surface area contributed by atoms with E-state index in [1.165, 1.54) is 12.1 Å². The Hall–Kier alpha value is -1.06. The summed E-state index contributed by atoms with van der Waals surface area (Å²) >= 11 is 0. The van der Waals surface area contributed by atoms with Crippen LogP contribution >= 0.6 is 0 Å². The molecule has 1 aromatic carbocycles. The zero-order chi connectivity index (χ0) is 14.3. The topological polar surface area (TPSA) is 24.5 Å². The monoisotopic (exact) mass is 276 g/mol. The van der Waals surface area contributed by atoms with Crippen molar-refractivity contribution in [1.82, 2.24) is 5.32 Å². The molecule has 0 atom stereocenters. The highest BCUT2D eigenvalue weighted by molar-refractivity contribution is 5.45. The molecular weight excluding hydrogens is 248 g/mol. The third-order valence-electron chi connectivity index (χ3n) is 4.25. The van der Waals surface area contributed by atoms with E-state index in [-0.39, 0.29) is 0 Å². The maximum atomic E-state index is 5.57. The lowest BCUT2D eigenvalue weighted by molar-refractivity contribution is 0.0189. The molecule has 0 spiro atoms. The zero-order valence-electron chi connectivity index (χ0n) is 12.9. The fraction of sp³-hybridized carbons (Fsp3) is 0.647. The van der Waals surface area contributed by atoms with E-state index in [1.807, 2.05) is 0 Å². The fourth-order valence-electron chi connectivity index (χ4n) is 3.00. The lowest BCUT2D eigenvalue weighted by Crippen LogP contribution is -2.46. The van der Waals surface area contributed by atoms with Gasteiger partial charge in [0.15, 0.2) is 0 Å². The summed E-state index contributed by atoms with van der Waals surface area (Å²) in [4.78, 5) is 2.39. The van der Waals surface area contributed by atoms with Crippen molar-refractivity contribution >= 4 is 5.69 Å².